The minimum atomic E-state index is -0.638. The van der Waals surface area contributed by atoms with Gasteiger partial charge in [0.1, 0.15) is 5.82 Å². The fourth-order valence-electron chi connectivity index (χ4n) is 3.37. The number of hydrogen-bond donors (Lipinski definition) is 1. The van der Waals surface area contributed by atoms with Gasteiger partial charge in [-0.1, -0.05) is 43.5 Å². The van der Waals surface area contributed by atoms with Gasteiger partial charge in [0, 0.05) is 31.3 Å². The van der Waals surface area contributed by atoms with E-state index in [4.69, 9.17) is 16.3 Å². The second kappa shape index (κ2) is 11.2. The van der Waals surface area contributed by atoms with Gasteiger partial charge in [-0.15, -0.1) is 0 Å². The number of carbonyl (C=O) groups excluding carboxylic acids is 1. The van der Waals surface area contributed by atoms with E-state index in [2.05, 4.69) is 47.3 Å². The molecule has 37 heavy (non-hydrogen) atoms. The Morgan fingerprint density at radius 1 is 1.19 bits per heavy atom. The third-order valence-electron chi connectivity index (χ3n) is 5.02. The highest BCUT2D eigenvalue weighted by Crippen LogP contribution is 2.34. The molecule has 1 aromatic heterocycles. The highest BCUT2D eigenvalue weighted by molar-refractivity contribution is 9.10. The number of nitro groups is 1. The molecule has 10 nitrogen and oxygen atoms in total. The smallest absolute Gasteiger partial charge is 0.312 e. The van der Waals surface area contributed by atoms with Gasteiger partial charge in [-0.25, -0.2) is 4.98 Å². The fourth-order valence-corrected chi connectivity index (χ4v) is 4.32. The van der Waals surface area contributed by atoms with Gasteiger partial charge in [0.05, 0.1) is 22.0 Å². The first kappa shape index (κ1) is 26.5. The predicted molar refractivity (Wildman–Crippen MR) is 148 cm³/mol. The monoisotopic (exact) mass is 647 g/mol. The Morgan fingerprint density at radius 2 is 1.92 bits per heavy atom. The van der Waals surface area contributed by atoms with Crippen LogP contribution < -0.4 is 15.6 Å². The first-order chi connectivity index (χ1) is 17.6. The van der Waals surface area contributed by atoms with Crippen molar-refractivity contribution < 1.29 is 14.5 Å². The Kier molecular flexibility index (Phi) is 8.00. The highest BCUT2D eigenvalue weighted by Gasteiger charge is 2.22. The van der Waals surface area contributed by atoms with Gasteiger partial charge < -0.3 is 10.1 Å². The summed E-state index contributed by atoms with van der Waals surface area (Å²) in [6.07, 6.45) is 1.24. The lowest BCUT2D eigenvalue weighted by molar-refractivity contribution is -0.385. The number of carbonyl (C=O) groups is 1. The molecule has 0 saturated heterocycles. The fraction of sp³-hybridized carbons (Fsp3) is 0.0833. The van der Waals surface area contributed by atoms with Gasteiger partial charge in [0.2, 0.25) is 5.75 Å². The Balaban J connectivity index is 1.67. The molecule has 0 spiro atoms. The molecular formula is C24H16Br2ClN5O5. The van der Waals surface area contributed by atoms with E-state index in [-0.39, 0.29) is 17.0 Å². The van der Waals surface area contributed by atoms with E-state index in [0.717, 1.165) is 4.68 Å². The summed E-state index contributed by atoms with van der Waals surface area (Å²) in [5, 5.41) is 19.4. The zero-order valence-corrected chi connectivity index (χ0v) is 22.9. The standard InChI is InChI=1S/C24H16Br2ClN5O5/c1-13-29-20-7-2-15(25)9-19(20)24(34)31(13)28-11-14-8-16(26)10-21(32(35)36)23(14)37-12-22(33)30-18-5-3-17(27)4-6-18/h2-11H,12H2,1H3,(H,30,33). The molecular weight excluding hydrogens is 634 g/mol. The number of anilines is 1. The maximum atomic E-state index is 13.0. The SMILES string of the molecule is Cc1nc2ccc(Br)cc2c(=O)n1N=Cc1cc(Br)cc([N+](=O)[O-])c1OCC(=O)Nc1ccc(Cl)cc1. The Labute approximate surface area is 231 Å². The van der Waals surface area contributed by atoms with Crippen LogP contribution in [0.4, 0.5) is 11.4 Å². The van der Waals surface area contributed by atoms with Crippen LogP contribution in [0.25, 0.3) is 10.9 Å². The van der Waals surface area contributed by atoms with Crippen molar-refractivity contribution in [3.8, 4) is 5.75 Å². The Morgan fingerprint density at radius 3 is 2.62 bits per heavy atom. The molecule has 0 unspecified atom stereocenters. The number of ether oxygens (including phenoxy) is 1. The third kappa shape index (κ3) is 6.21. The van der Waals surface area contributed by atoms with E-state index in [1.807, 2.05) is 0 Å². The van der Waals surface area contributed by atoms with E-state index < -0.39 is 23.0 Å². The number of nitro benzene ring substituents is 1. The van der Waals surface area contributed by atoms with Gasteiger partial charge in [0.25, 0.3) is 11.5 Å². The summed E-state index contributed by atoms with van der Waals surface area (Å²) >= 11 is 12.4. The second-order valence-corrected chi connectivity index (χ2v) is 9.89. The number of nitrogens with zero attached hydrogens (tertiary/aromatic N) is 4. The number of benzene rings is 3. The molecule has 0 radical (unpaired) electrons. The molecule has 1 heterocycles. The summed E-state index contributed by atoms with van der Waals surface area (Å²) in [7, 11) is 0. The molecule has 0 aliphatic carbocycles. The van der Waals surface area contributed by atoms with Crippen molar-refractivity contribution in [1.29, 1.82) is 0 Å². The summed E-state index contributed by atoms with van der Waals surface area (Å²) in [6.45, 7) is 1.10. The van der Waals surface area contributed by atoms with Crippen LogP contribution in [0.15, 0.2) is 73.4 Å². The molecule has 13 heteroatoms. The summed E-state index contributed by atoms with van der Waals surface area (Å²) in [6, 6.07) is 14.3. The van der Waals surface area contributed by atoms with Crippen molar-refractivity contribution in [3.63, 3.8) is 0 Å². The van der Waals surface area contributed by atoms with Crippen molar-refractivity contribution in [3.05, 3.63) is 100 Å². The summed E-state index contributed by atoms with van der Waals surface area (Å²) < 4.78 is 7.74. The second-order valence-electron chi connectivity index (χ2n) is 7.63. The van der Waals surface area contributed by atoms with Crippen molar-refractivity contribution in [2.45, 2.75) is 6.92 Å². The van der Waals surface area contributed by atoms with E-state index in [1.54, 1.807) is 49.4 Å². The van der Waals surface area contributed by atoms with Crippen LogP contribution in [0.2, 0.25) is 5.02 Å². The van der Waals surface area contributed by atoms with Crippen molar-refractivity contribution in [1.82, 2.24) is 9.66 Å². The van der Waals surface area contributed by atoms with Crippen LogP contribution in [0.1, 0.15) is 11.4 Å². The number of halogens is 3. The first-order valence-electron chi connectivity index (χ1n) is 10.5. The van der Waals surface area contributed by atoms with Crippen LogP contribution in [-0.2, 0) is 4.79 Å². The Bertz CT molecular complexity index is 1620. The summed E-state index contributed by atoms with van der Waals surface area (Å²) in [5.41, 5.74) is 0.344. The molecule has 0 fully saturated rings. The summed E-state index contributed by atoms with van der Waals surface area (Å²) in [5.74, 6) is -0.422. The number of aryl methyl sites for hydroxylation is 1. The van der Waals surface area contributed by atoms with E-state index in [9.17, 15) is 19.7 Å². The lowest BCUT2D eigenvalue weighted by Crippen LogP contribution is -2.21. The Hall–Kier alpha value is -3.61. The average molecular weight is 650 g/mol. The molecule has 0 aliphatic heterocycles. The van der Waals surface area contributed by atoms with Gasteiger partial charge in [-0.2, -0.15) is 9.78 Å². The molecule has 0 bridgehead atoms. The van der Waals surface area contributed by atoms with Crippen LogP contribution in [0.3, 0.4) is 0 Å². The number of aromatic nitrogens is 2. The topological polar surface area (TPSA) is 129 Å². The molecule has 0 saturated carbocycles. The van der Waals surface area contributed by atoms with Gasteiger partial charge in [-0.3, -0.25) is 19.7 Å². The van der Waals surface area contributed by atoms with Crippen LogP contribution in [0.5, 0.6) is 5.75 Å². The highest BCUT2D eigenvalue weighted by atomic mass is 79.9. The molecule has 4 aromatic rings. The van der Waals surface area contributed by atoms with E-state index in [0.29, 0.717) is 36.4 Å². The molecule has 0 aliphatic rings. The van der Waals surface area contributed by atoms with Crippen molar-refractivity contribution in [2.75, 3.05) is 11.9 Å². The van der Waals surface area contributed by atoms with E-state index >= 15 is 0 Å². The third-order valence-corrected chi connectivity index (χ3v) is 6.22. The predicted octanol–water partition coefficient (Wildman–Crippen LogP) is 5.69. The molecule has 4 rings (SSSR count). The lowest BCUT2D eigenvalue weighted by atomic mass is 10.2. The zero-order chi connectivity index (χ0) is 26.7. The van der Waals surface area contributed by atoms with Crippen LogP contribution >= 0.6 is 43.5 Å². The minimum absolute atomic E-state index is 0.168. The molecule has 3 aromatic carbocycles. The number of fused-ring (bicyclic) bond motifs is 1. The molecule has 188 valence electrons. The van der Waals surface area contributed by atoms with Gasteiger partial charge in [0.15, 0.2) is 6.61 Å². The number of hydrogen-bond acceptors (Lipinski definition) is 7. The number of nitrogens with one attached hydrogen (secondary N) is 1. The zero-order valence-electron chi connectivity index (χ0n) is 18.9. The van der Waals surface area contributed by atoms with E-state index in [1.165, 1.54) is 18.3 Å². The van der Waals surface area contributed by atoms with Gasteiger partial charge >= 0.3 is 5.69 Å². The molecule has 0 atom stereocenters. The quantitative estimate of drug-likeness (QED) is 0.156. The maximum absolute atomic E-state index is 13.0. The lowest BCUT2D eigenvalue weighted by Gasteiger charge is -2.11. The van der Waals surface area contributed by atoms with Crippen LogP contribution in [-0.4, -0.2) is 33.3 Å². The summed E-state index contributed by atoms with van der Waals surface area (Å²) in [4.78, 5) is 40.9. The number of amides is 1. The van der Waals surface area contributed by atoms with Crippen molar-refractivity contribution >= 4 is 77.9 Å². The van der Waals surface area contributed by atoms with Crippen molar-refractivity contribution in [2.24, 2.45) is 5.10 Å². The minimum Gasteiger partial charge on any atom is -0.476 e. The van der Waals surface area contributed by atoms with Crippen LogP contribution in [0, 0.1) is 17.0 Å². The first-order valence-corrected chi connectivity index (χ1v) is 12.5. The average Bonchev–Trinajstić information content (AvgIpc) is 2.84. The van der Waals surface area contributed by atoms with Gasteiger partial charge in [-0.05, 0) is 55.5 Å². The number of rotatable bonds is 7. The molecule has 1 N–H and O–H groups in total. The molecule has 1 amide bonds. The maximum Gasteiger partial charge on any atom is 0.312 e. The normalized spacial score (nSPS) is 11.1. The largest absolute Gasteiger partial charge is 0.476 e.